The van der Waals surface area contributed by atoms with E-state index in [1.807, 2.05) is 26.0 Å². The minimum absolute atomic E-state index is 0.133. The minimum Gasteiger partial charge on any atom is -0.394 e. The largest absolute Gasteiger partial charge is 0.394 e. The summed E-state index contributed by atoms with van der Waals surface area (Å²) in [6, 6.07) is 6.91. The number of unbranched alkanes of at least 4 members (excludes halogenated alkanes) is 11. The van der Waals surface area contributed by atoms with Crippen LogP contribution in [0.25, 0.3) is 0 Å². The Morgan fingerprint density at radius 3 is 1.59 bits per heavy atom. The molecule has 1 aromatic carbocycles. The van der Waals surface area contributed by atoms with Crippen molar-refractivity contribution in [1.82, 2.24) is 0 Å². The number of ether oxygens (including phenoxy) is 1. The maximum atomic E-state index is 12.8. The quantitative estimate of drug-likeness (QED) is 0.292. The number of aliphatic hydroxyl groups excluding tert-OH is 1. The van der Waals surface area contributed by atoms with Crippen molar-refractivity contribution < 1.29 is 14.2 Å². The summed E-state index contributed by atoms with van der Waals surface area (Å²) in [5.74, 6) is -0.143. The highest BCUT2D eigenvalue weighted by Crippen LogP contribution is 2.13. The fraction of sp³-hybridized carbons (Fsp3) is 0.750. The van der Waals surface area contributed by atoms with E-state index in [9.17, 15) is 4.39 Å². The van der Waals surface area contributed by atoms with Crippen LogP contribution in [0, 0.1) is 5.82 Å². The lowest BCUT2D eigenvalue weighted by Gasteiger charge is -2.04. The Kier molecular flexibility index (Phi) is 20.6. The number of hydrogen-bond donors (Lipinski definition) is 1. The van der Waals surface area contributed by atoms with Gasteiger partial charge in [0.25, 0.3) is 0 Å². The zero-order chi connectivity index (χ0) is 20.0. The molecule has 1 aromatic rings. The van der Waals surface area contributed by atoms with E-state index in [2.05, 4.69) is 0 Å². The number of benzene rings is 1. The molecule has 0 aromatic heterocycles. The van der Waals surface area contributed by atoms with Crippen molar-refractivity contribution in [2.45, 2.75) is 97.3 Å². The van der Waals surface area contributed by atoms with Gasteiger partial charge in [-0.1, -0.05) is 90.2 Å². The van der Waals surface area contributed by atoms with Crippen molar-refractivity contribution in [1.29, 1.82) is 0 Å². The first kappa shape index (κ1) is 26.1. The molecular weight excluding hydrogens is 339 g/mol. The second-order valence-electron chi connectivity index (χ2n) is 6.96. The van der Waals surface area contributed by atoms with Crippen molar-refractivity contribution in [2.75, 3.05) is 19.8 Å². The number of hydrogen-bond acceptors (Lipinski definition) is 2. The van der Waals surface area contributed by atoms with Gasteiger partial charge < -0.3 is 9.84 Å². The molecule has 0 amide bonds. The Bertz CT molecular complexity index is 392. The van der Waals surface area contributed by atoms with Crippen LogP contribution in [0.3, 0.4) is 0 Å². The van der Waals surface area contributed by atoms with Gasteiger partial charge in [0.1, 0.15) is 5.82 Å². The predicted octanol–water partition coefficient (Wildman–Crippen LogP) is 7.08. The fourth-order valence-corrected chi connectivity index (χ4v) is 3.12. The number of halogens is 1. The summed E-state index contributed by atoms with van der Waals surface area (Å²) in [5, 5.41) is 8.59. The summed E-state index contributed by atoms with van der Waals surface area (Å²) in [5.41, 5.74) is 1.25. The second-order valence-corrected chi connectivity index (χ2v) is 6.96. The van der Waals surface area contributed by atoms with Crippen LogP contribution >= 0.6 is 0 Å². The maximum Gasteiger partial charge on any atom is 0.123 e. The number of rotatable bonds is 17. The monoisotopic (exact) mass is 382 g/mol. The van der Waals surface area contributed by atoms with E-state index < -0.39 is 0 Å². The van der Waals surface area contributed by atoms with Gasteiger partial charge >= 0.3 is 0 Å². The van der Waals surface area contributed by atoms with Gasteiger partial charge in [-0.2, -0.15) is 0 Å². The lowest BCUT2D eigenvalue weighted by Crippen LogP contribution is -2.00. The SMILES string of the molecule is CC.OCCOCCCCCCCCCCCCCCc1ccc(F)cc1. The molecule has 0 heterocycles. The zero-order valence-electron chi connectivity index (χ0n) is 17.9. The fourth-order valence-electron chi connectivity index (χ4n) is 3.12. The first-order valence-corrected chi connectivity index (χ1v) is 11.3. The molecule has 0 radical (unpaired) electrons. The standard InChI is InChI=1S/C22H37FO2.C2H6/c23-22-16-14-21(15-17-22)13-11-9-7-5-3-1-2-4-6-8-10-12-19-25-20-18-24;1-2/h14-17,24H,1-13,18-20H2;1-2H3. The van der Waals surface area contributed by atoms with E-state index in [1.54, 1.807) is 12.1 Å². The van der Waals surface area contributed by atoms with Crippen LogP contribution in [0.15, 0.2) is 24.3 Å². The van der Waals surface area contributed by atoms with Gasteiger partial charge in [-0.25, -0.2) is 4.39 Å². The predicted molar refractivity (Wildman–Crippen MR) is 115 cm³/mol. The molecule has 0 bridgehead atoms. The highest BCUT2D eigenvalue weighted by molar-refractivity contribution is 5.15. The third-order valence-corrected chi connectivity index (χ3v) is 4.65. The Balaban J connectivity index is 0.00000326. The third-order valence-electron chi connectivity index (χ3n) is 4.65. The Hall–Kier alpha value is -0.930. The first-order chi connectivity index (χ1) is 13.3. The molecule has 158 valence electrons. The molecule has 27 heavy (non-hydrogen) atoms. The minimum atomic E-state index is -0.143. The first-order valence-electron chi connectivity index (χ1n) is 11.3. The van der Waals surface area contributed by atoms with Crippen LogP contribution < -0.4 is 0 Å². The van der Waals surface area contributed by atoms with Gasteiger partial charge in [-0.05, 0) is 37.0 Å². The topological polar surface area (TPSA) is 29.5 Å². The molecule has 0 saturated carbocycles. The molecule has 0 unspecified atom stereocenters. The van der Waals surface area contributed by atoms with Gasteiger partial charge in [0.05, 0.1) is 13.2 Å². The van der Waals surface area contributed by atoms with E-state index >= 15 is 0 Å². The zero-order valence-corrected chi connectivity index (χ0v) is 17.9. The molecule has 1 N–H and O–H groups in total. The summed E-state index contributed by atoms with van der Waals surface area (Å²) in [4.78, 5) is 0. The van der Waals surface area contributed by atoms with Crippen LogP contribution in [0.5, 0.6) is 0 Å². The highest BCUT2D eigenvalue weighted by Gasteiger charge is 1.96. The summed E-state index contributed by atoms with van der Waals surface area (Å²) < 4.78 is 18.1. The van der Waals surface area contributed by atoms with E-state index in [0.29, 0.717) is 6.61 Å². The number of aliphatic hydroxyl groups is 1. The maximum absolute atomic E-state index is 12.8. The summed E-state index contributed by atoms with van der Waals surface area (Å²) in [6.07, 6.45) is 16.8. The smallest absolute Gasteiger partial charge is 0.123 e. The van der Waals surface area contributed by atoms with Gasteiger partial charge in [0, 0.05) is 6.61 Å². The number of aryl methyl sites for hydroxylation is 1. The Morgan fingerprint density at radius 1 is 0.667 bits per heavy atom. The van der Waals surface area contributed by atoms with Crippen LogP contribution in [0.1, 0.15) is 96.5 Å². The van der Waals surface area contributed by atoms with Crippen LogP contribution in [-0.4, -0.2) is 24.9 Å². The lowest BCUT2D eigenvalue weighted by atomic mass is 10.0. The van der Waals surface area contributed by atoms with Gasteiger partial charge in [0.2, 0.25) is 0 Å². The molecule has 1 rings (SSSR count). The van der Waals surface area contributed by atoms with Gasteiger partial charge in [-0.15, -0.1) is 0 Å². The van der Waals surface area contributed by atoms with E-state index in [0.717, 1.165) is 19.4 Å². The van der Waals surface area contributed by atoms with Crippen molar-refractivity contribution >= 4 is 0 Å². The molecule has 0 spiro atoms. The molecule has 0 fully saturated rings. The van der Waals surface area contributed by atoms with Crippen LogP contribution in [0.4, 0.5) is 4.39 Å². The van der Waals surface area contributed by atoms with Crippen molar-refractivity contribution in [3.63, 3.8) is 0 Å². The normalized spacial score (nSPS) is 10.5. The molecule has 3 heteroatoms. The molecule has 0 saturated heterocycles. The molecule has 0 aliphatic carbocycles. The van der Waals surface area contributed by atoms with Crippen molar-refractivity contribution in [2.24, 2.45) is 0 Å². The molecular formula is C24H43FO2. The van der Waals surface area contributed by atoms with Crippen LogP contribution in [0.2, 0.25) is 0 Å². The lowest BCUT2D eigenvalue weighted by molar-refractivity contribution is 0.0895. The van der Waals surface area contributed by atoms with Gasteiger partial charge in [-0.3, -0.25) is 0 Å². The molecule has 0 atom stereocenters. The summed E-state index contributed by atoms with van der Waals surface area (Å²) in [7, 11) is 0. The average molecular weight is 383 g/mol. The molecule has 0 aliphatic heterocycles. The Labute approximate surface area is 167 Å². The third kappa shape index (κ3) is 18.2. The van der Waals surface area contributed by atoms with E-state index in [4.69, 9.17) is 9.84 Å². The van der Waals surface area contributed by atoms with Gasteiger partial charge in [0.15, 0.2) is 0 Å². The molecule has 2 nitrogen and oxygen atoms in total. The van der Waals surface area contributed by atoms with E-state index in [-0.39, 0.29) is 12.4 Å². The van der Waals surface area contributed by atoms with E-state index in [1.165, 1.54) is 76.2 Å². The highest BCUT2D eigenvalue weighted by atomic mass is 19.1. The van der Waals surface area contributed by atoms with Crippen molar-refractivity contribution in [3.8, 4) is 0 Å². The summed E-state index contributed by atoms with van der Waals surface area (Å²) in [6.45, 7) is 5.40. The van der Waals surface area contributed by atoms with Crippen LogP contribution in [-0.2, 0) is 11.2 Å². The molecule has 0 aliphatic rings. The average Bonchev–Trinajstić information content (AvgIpc) is 2.70. The van der Waals surface area contributed by atoms with Crippen molar-refractivity contribution in [3.05, 3.63) is 35.6 Å². The summed E-state index contributed by atoms with van der Waals surface area (Å²) >= 11 is 0. The second kappa shape index (κ2) is 21.4. The Morgan fingerprint density at radius 2 is 1.11 bits per heavy atom.